The highest BCUT2D eigenvalue weighted by Crippen LogP contribution is 2.21. The second-order valence-electron chi connectivity index (χ2n) is 5.67. The molecule has 2 heterocycles. The van der Waals surface area contributed by atoms with E-state index >= 15 is 0 Å². The Labute approximate surface area is 120 Å². The average Bonchev–Trinajstić information content (AvgIpc) is 2.53. The van der Waals surface area contributed by atoms with E-state index in [1.807, 2.05) is 35.2 Å². The van der Waals surface area contributed by atoms with Crippen molar-refractivity contribution in [2.45, 2.75) is 31.9 Å². The number of amides is 1. The molecule has 1 aromatic rings. The number of fused-ring (bicyclic) bond motifs is 1. The first kappa shape index (κ1) is 13.4. The Morgan fingerprint density at radius 2 is 2.00 bits per heavy atom. The molecule has 0 spiro atoms. The number of hydrogen-bond donors (Lipinski definition) is 0. The minimum absolute atomic E-state index is 0.168. The highest BCUT2D eigenvalue weighted by Gasteiger charge is 2.31. The maximum Gasteiger partial charge on any atom is 0.410 e. The SMILES string of the molecule is O=C(OCc1ccccc1)N1CCN2CCCCC2C1. The van der Waals surface area contributed by atoms with Crippen LogP contribution in [0.3, 0.4) is 0 Å². The summed E-state index contributed by atoms with van der Waals surface area (Å²) in [5.74, 6) is 0. The van der Waals surface area contributed by atoms with Crippen LogP contribution in [0, 0.1) is 0 Å². The third kappa shape index (κ3) is 3.12. The lowest BCUT2D eigenvalue weighted by atomic mass is 10.00. The van der Waals surface area contributed by atoms with Crippen molar-refractivity contribution in [2.75, 3.05) is 26.2 Å². The molecule has 2 saturated heterocycles. The van der Waals surface area contributed by atoms with Gasteiger partial charge in [-0.1, -0.05) is 36.8 Å². The number of piperidine rings is 1. The number of ether oxygens (including phenoxy) is 1. The molecule has 1 aromatic carbocycles. The molecular weight excluding hydrogens is 252 g/mol. The molecule has 1 amide bonds. The van der Waals surface area contributed by atoms with Crippen molar-refractivity contribution in [1.82, 2.24) is 9.80 Å². The Morgan fingerprint density at radius 3 is 2.85 bits per heavy atom. The molecule has 4 heteroatoms. The number of rotatable bonds is 2. The van der Waals surface area contributed by atoms with Gasteiger partial charge in [-0.3, -0.25) is 4.90 Å². The lowest BCUT2D eigenvalue weighted by Crippen LogP contribution is -2.56. The van der Waals surface area contributed by atoms with Crippen molar-refractivity contribution < 1.29 is 9.53 Å². The van der Waals surface area contributed by atoms with E-state index in [1.54, 1.807) is 0 Å². The summed E-state index contributed by atoms with van der Waals surface area (Å²) in [6, 6.07) is 10.4. The molecular formula is C16H22N2O2. The topological polar surface area (TPSA) is 32.8 Å². The number of hydrogen-bond acceptors (Lipinski definition) is 3. The summed E-state index contributed by atoms with van der Waals surface area (Å²) in [5.41, 5.74) is 1.04. The maximum atomic E-state index is 12.1. The molecule has 2 fully saturated rings. The van der Waals surface area contributed by atoms with Crippen LogP contribution < -0.4 is 0 Å². The first-order valence-corrected chi connectivity index (χ1v) is 7.52. The molecule has 1 atom stereocenters. The summed E-state index contributed by atoms with van der Waals surface area (Å²) in [5, 5.41) is 0. The van der Waals surface area contributed by atoms with Gasteiger partial charge in [0.25, 0.3) is 0 Å². The largest absolute Gasteiger partial charge is 0.445 e. The Bertz CT molecular complexity index is 449. The van der Waals surface area contributed by atoms with E-state index in [-0.39, 0.29) is 6.09 Å². The predicted octanol–water partition coefficient (Wildman–Crippen LogP) is 2.49. The van der Waals surface area contributed by atoms with Crippen LogP contribution in [-0.2, 0) is 11.3 Å². The lowest BCUT2D eigenvalue weighted by Gasteiger charge is -2.43. The third-order valence-electron chi connectivity index (χ3n) is 4.30. The van der Waals surface area contributed by atoms with Gasteiger partial charge >= 0.3 is 6.09 Å². The fourth-order valence-electron chi connectivity index (χ4n) is 3.13. The fourth-order valence-corrected chi connectivity index (χ4v) is 3.13. The van der Waals surface area contributed by atoms with Gasteiger partial charge in [0.2, 0.25) is 0 Å². The van der Waals surface area contributed by atoms with Gasteiger partial charge in [0, 0.05) is 25.7 Å². The van der Waals surface area contributed by atoms with Gasteiger partial charge in [0.15, 0.2) is 0 Å². The van der Waals surface area contributed by atoms with Crippen molar-refractivity contribution in [3.63, 3.8) is 0 Å². The highest BCUT2D eigenvalue weighted by molar-refractivity contribution is 5.67. The summed E-state index contributed by atoms with van der Waals surface area (Å²) in [6.45, 7) is 4.17. The second kappa shape index (κ2) is 6.27. The van der Waals surface area contributed by atoms with Crippen LogP contribution in [0.25, 0.3) is 0 Å². The van der Waals surface area contributed by atoms with E-state index in [0.29, 0.717) is 12.6 Å². The summed E-state index contributed by atoms with van der Waals surface area (Å²) >= 11 is 0. The van der Waals surface area contributed by atoms with Crippen molar-refractivity contribution in [1.29, 1.82) is 0 Å². The van der Waals surface area contributed by atoms with Crippen molar-refractivity contribution in [2.24, 2.45) is 0 Å². The number of piperazine rings is 1. The molecule has 0 aliphatic carbocycles. The van der Waals surface area contributed by atoms with Gasteiger partial charge in [-0.2, -0.15) is 0 Å². The number of nitrogens with zero attached hydrogens (tertiary/aromatic N) is 2. The van der Waals surface area contributed by atoms with Crippen molar-refractivity contribution >= 4 is 6.09 Å². The van der Waals surface area contributed by atoms with Gasteiger partial charge in [0.05, 0.1) is 0 Å². The molecule has 0 saturated carbocycles. The quantitative estimate of drug-likeness (QED) is 0.830. The molecule has 0 N–H and O–H groups in total. The molecule has 4 nitrogen and oxygen atoms in total. The summed E-state index contributed by atoms with van der Waals surface area (Å²) < 4.78 is 5.42. The van der Waals surface area contributed by atoms with Gasteiger partial charge in [0.1, 0.15) is 6.61 Å². The molecule has 3 rings (SSSR count). The zero-order valence-corrected chi connectivity index (χ0v) is 11.8. The third-order valence-corrected chi connectivity index (χ3v) is 4.30. The second-order valence-corrected chi connectivity index (χ2v) is 5.67. The number of carbonyl (C=O) groups excluding carboxylic acids is 1. The van der Waals surface area contributed by atoms with E-state index < -0.39 is 0 Å². The highest BCUT2D eigenvalue weighted by atomic mass is 16.6. The molecule has 2 aliphatic rings. The lowest BCUT2D eigenvalue weighted by molar-refractivity contribution is 0.0331. The zero-order valence-electron chi connectivity index (χ0n) is 11.8. The van der Waals surface area contributed by atoms with Crippen LogP contribution >= 0.6 is 0 Å². The van der Waals surface area contributed by atoms with Gasteiger partial charge in [-0.15, -0.1) is 0 Å². The minimum atomic E-state index is -0.168. The van der Waals surface area contributed by atoms with Crippen molar-refractivity contribution in [3.05, 3.63) is 35.9 Å². The Morgan fingerprint density at radius 1 is 1.15 bits per heavy atom. The standard InChI is InChI=1S/C16H22N2O2/c19-16(20-13-14-6-2-1-3-7-14)18-11-10-17-9-5-4-8-15(17)12-18/h1-3,6-7,15H,4-5,8-13H2. The van der Waals surface area contributed by atoms with Gasteiger partial charge in [-0.25, -0.2) is 4.79 Å². The number of benzene rings is 1. The fraction of sp³-hybridized carbons (Fsp3) is 0.562. The van der Waals surface area contributed by atoms with Gasteiger partial charge in [-0.05, 0) is 24.9 Å². The molecule has 1 unspecified atom stereocenters. The first-order valence-electron chi connectivity index (χ1n) is 7.52. The van der Waals surface area contributed by atoms with E-state index in [0.717, 1.165) is 25.2 Å². The molecule has 2 aliphatic heterocycles. The van der Waals surface area contributed by atoms with E-state index in [1.165, 1.54) is 25.8 Å². The molecule has 0 radical (unpaired) electrons. The van der Waals surface area contributed by atoms with Crippen LogP contribution in [0.4, 0.5) is 4.79 Å². The molecule has 20 heavy (non-hydrogen) atoms. The summed E-state index contributed by atoms with van der Waals surface area (Å²) in [7, 11) is 0. The minimum Gasteiger partial charge on any atom is -0.445 e. The molecule has 0 aromatic heterocycles. The molecule has 108 valence electrons. The Balaban J connectivity index is 1.50. The maximum absolute atomic E-state index is 12.1. The van der Waals surface area contributed by atoms with Crippen LogP contribution in [0.2, 0.25) is 0 Å². The van der Waals surface area contributed by atoms with E-state index in [2.05, 4.69) is 4.90 Å². The summed E-state index contributed by atoms with van der Waals surface area (Å²) in [4.78, 5) is 16.5. The number of carbonyl (C=O) groups is 1. The van der Waals surface area contributed by atoms with Crippen LogP contribution in [-0.4, -0.2) is 48.1 Å². The predicted molar refractivity (Wildman–Crippen MR) is 77.4 cm³/mol. The van der Waals surface area contributed by atoms with E-state index in [9.17, 15) is 4.79 Å². The van der Waals surface area contributed by atoms with Crippen LogP contribution in [0.15, 0.2) is 30.3 Å². The monoisotopic (exact) mass is 274 g/mol. The normalized spacial score (nSPS) is 23.2. The summed E-state index contributed by atoms with van der Waals surface area (Å²) in [6.07, 6.45) is 3.63. The average molecular weight is 274 g/mol. The van der Waals surface area contributed by atoms with Gasteiger partial charge < -0.3 is 9.64 Å². The van der Waals surface area contributed by atoms with E-state index in [4.69, 9.17) is 4.74 Å². The molecule has 0 bridgehead atoms. The zero-order chi connectivity index (χ0) is 13.8. The van der Waals surface area contributed by atoms with Crippen LogP contribution in [0.1, 0.15) is 24.8 Å². The Hall–Kier alpha value is -1.55. The van der Waals surface area contributed by atoms with Crippen LogP contribution in [0.5, 0.6) is 0 Å². The smallest absolute Gasteiger partial charge is 0.410 e. The first-order chi connectivity index (χ1) is 9.83. The Kier molecular flexibility index (Phi) is 4.21. The van der Waals surface area contributed by atoms with Crippen molar-refractivity contribution in [3.8, 4) is 0 Å².